The van der Waals surface area contributed by atoms with Crippen LogP contribution >= 0.6 is 0 Å². The SMILES string of the molecule is COCCC1(CN=C(N)NC(C)CCCC(C)C)CCC1. The Morgan fingerprint density at radius 1 is 1.29 bits per heavy atom. The van der Waals surface area contributed by atoms with Gasteiger partial charge in [0.1, 0.15) is 0 Å². The lowest BCUT2D eigenvalue weighted by Gasteiger charge is -2.40. The average Bonchev–Trinajstić information content (AvgIpc) is 2.36. The fraction of sp³-hybridized carbons (Fsp3) is 0.941. The van der Waals surface area contributed by atoms with Crippen LogP contribution < -0.4 is 11.1 Å². The predicted octanol–water partition coefficient (Wildman–Crippen LogP) is 3.31. The van der Waals surface area contributed by atoms with Crippen LogP contribution in [0, 0.1) is 11.3 Å². The molecule has 0 bridgehead atoms. The van der Waals surface area contributed by atoms with Gasteiger partial charge in [0.25, 0.3) is 0 Å². The summed E-state index contributed by atoms with van der Waals surface area (Å²) in [6, 6.07) is 0.406. The lowest BCUT2D eigenvalue weighted by molar-refractivity contribution is 0.0779. The van der Waals surface area contributed by atoms with Gasteiger partial charge in [-0.25, -0.2) is 0 Å². The van der Waals surface area contributed by atoms with Crippen molar-refractivity contribution in [1.82, 2.24) is 5.32 Å². The van der Waals surface area contributed by atoms with Gasteiger partial charge in [0.05, 0.1) is 0 Å². The van der Waals surface area contributed by atoms with E-state index in [0.29, 0.717) is 17.4 Å². The second-order valence-corrected chi connectivity index (χ2v) is 7.17. The minimum atomic E-state index is 0.350. The fourth-order valence-electron chi connectivity index (χ4n) is 2.94. The van der Waals surface area contributed by atoms with E-state index in [0.717, 1.165) is 31.9 Å². The summed E-state index contributed by atoms with van der Waals surface area (Å²) in [7, 11) is 1.77. The van der Waals surface area contributed by atoms with Crippen molar-refractivity contribution in [3.8, 4) is 0 Å². The quantitative estimate of drug-likeness (QED) is 0.480. The minimum Gasteiger partial charge on any atom is -0.385 e. The highest BCUT2D eigenvalue weighted by atomic mass is 16.5. The molecule has 1 aliphatic rings. The van der Waals surface area contributed by atoms with Gasteiger partial charge in [-0.1, -0.05) is 33.1 Å². The highest BCUT2D eigenvalue weighted by Gasteiger charge is 2.36. The van der Waals surface area contributed by atoms with Crippen molar-refractivity contribution in [2.45, 2.75) is 71.8 Å². The van der Waals surface area contributed by atoms with Crippen molar-refractivity contribution < 1.29 is 4.74 Å². The second kappa shape index (κ2) is 9.29. The number of methoxy groups -OCH3 is 1. The Kier molecular flexibility index (Phi) is 8.09. The third kappa shape index (κ3) is 7.16. The molecular formula is C17H35N3O. The van der Waals surface area contributed by atoms with Gasteiger partial charge >= 0.3 is 0 Å². The van der Waals surface area contributed by atoms with Gasteiger partial charge in [-0.15, -0.1) is 0 Å². The van der Waals surface area contributed by atoms with Crippen molar-refractivity contribution in [2.75, 3.05) is 20.3 Å². The van der Waals surface area contributed by atoms with E-state index in [2.05, 4.69) is 31.1 Å². The van der Waals surface area contributed by atoms with Crippen LogP contribution in [-0.4, -0.2) is 32.3 Å². The lowest BCUT2D eigenvalue weighted by Crippen LogP contribution is -2.40. The normalized spacial score (nSPS) is 19.4. The summed E-state index contributed by atoms with van der Waals surface area (Å²) in [5.74, 6) is 1.39. The van der Waals surface area contributed by atoms with Gasteiger partial charge in [0.2, 0.25) is 0 Å². The van der Waals surface area contributed by atoms with E-state index < -0.39 is 0 Å². The molecule has 0 heterocycles. The highest BCUT2D eigenvalue weighted by Crippen LogP contribution is 2.44. The molecular weight excluding hydrogens is 262 g/mol. The van der Waals surface area contributed by atoms with E-state index in [4.69, 9.17) is 10.5 Å². The summed E-state index contributed by atoms with van der Waals surface area (Å²) in [6.45, 7) is 8.40. The van der Waals surface area contributed by atoms with E-state index >= 15 is 0 Å². The number of nitrogens with two attached hydrogens (primary N) is 1. The summed E-state index contributed by atoms with van der Waals surface area (Å²) in [5, 5.41) is 3.33. The molecule has 1 rings (SSSR count). The first kappa shape index (κ1) is 18.3. The van der Waals surface area contributed by atoms with Gasteiger partial charge in [-0.05, 0) is 43.9 Å². The largest absolute Gasteiger partial charge is 0.385 e. The van der Waals surface area contributed by atoms with E-state index in [1.165, 1.54) is 32.1 Å². The van der Waals surface area contributed by atoms with Crippen molar-refractivity contribution in [3.05, 3.63) is 0 Å². The van der Waals surface area contributed by atoms with Gasteiger partial charge in [0.15, 0.2) is 5.96 Å². The van der Waals surface area contributed by atoms with Crippen molar-refractivity contribution in [2.24, 2.45) is 22.1 Å². The van der Waals surface area contributed by atoms with Crippen molar-refractivity contribution in [1.29, 1.82) is 0 Å². The first-order chi connectivity index (χ1) is 9.97. The number of hydrogen-bond acceptors (Lipinski definition) is 2. The van der Waals surface area contributed by atoms with Crippen LogP contribution in [-0.2, 0) is 4.74 Å². The molecule has 1 unspecified atom stereocenters. The maximum absolute atomic E-state index is 6.03. The van der Waals surface area contributed by atoms with E-state index in [-0.39, 0.29) is 0 Å². The van der Waals surface area contributed by atoms with Crippen LogP contribution in [0.15, 0.2) is 4.99 Å². The van der Waals surface area contributed by atoms with Crippen LogP contribution in [0.5, 0.6) is 0 Å². The summed E-state index contributed by atoms with van der Waals surface area (Å²) in [5.41, 5.74) is 6.38. The van der Waals surface area contributed by atoms with Crippen LogP contribution in [0.2, 0.25) is 0 Å². The first-order valence-corrected chi connectivity index (χ1v) is 8.53. The van der Waals surface area contributed by atoms with E-state index in [9.17, 15) is 0 Å². The number of aliphatic imine (C=N–C) groups is 1. The standard InChI is InChI=1S/C17H35N3O/c1-14(2)7-5-8-15(3)20-16(18)19-13-17(9-6-10-17)11-12-21-4/h14-15H,5-13H2,1-4H3,(H3,18,19,20). The molecule has 4 nitrogen and oxygen atoms in total. The predicted molar refractivity (Wildman–Crippen MR) is 90.6 cm³/mol. The molecule has 0 radical (unpaired) electrons. The molecule has 1 atom stereocenters. The van der Waals surface area contributed by atoms with Gasteiger partial charge in [-0.2, -0.15) is 0 Å². The van der Waals surface area contributed by atoms with Crippen LogP contribution in [0.3, 0.4) is 0 Å². The minimum absolute atomic E-state index is 0.350. The Balaban J connectivity index is 2.28. The first-order valence-electron chi connectivity index (χ1n) is 8.53. The smallest absolute Gasteiger partial charge is 0.188 e. The Morgan fingerprint density at radius 2 is 2.00 bits per heavy atom. The molecule has 1 aliphatic carbocycles. The summed E-state index contributed by atoms with van der Waals surface area (Å²) >= 11 is 0. The summed E-state index contributed by atoms with van der Waals surface area (Å²) in [4.78, 5) is 4.58. The van der Waals surface area contributed by atoms with Crippen molar-refractivity contribution >= 4 is 5.96 Å². The number of rotatable bonds is 10. The fourth-order valence-corrected chi connectivity index (χ4v) is 2.94. The molecule has 0 aromatic carbocycles. The molecule has 1 fully saturated rings. The third-order valence-corrected chi connectivity index (χ3v) is 4.65. The zero-order chi connectivity index (χ0) is 15.7. The van der Waals surface area contributed by atoms with Crippen molar-refractivity contribution in [3.63, 3.8) is 0 Å². The zero-order valence-electron chi connectivity index (χ0n) is 14.5. The van der Waals surface area contributed by atoms with Crippen LogP contribution in [0.4, 0.5) is 0 Å². The number of nitrogens with zero attached hydrogens (tertiary/aromatic N) is 1. The Labute approximate surface area is 130 Å². The number of guanidine groups is 1. The number of ether oxygens (including phenoxy) is 1. The van der Waals surface area contributed by atoms with E-state index in [1.54, 1.807) is 7.11 Å². The molecule has 4 heteroatoms. The zero-order valence-corrected chi connectivity index (χ0v) is 14.5. The van der Waals surface area contributed by atoms with Gasteiger partial charge < -0.3 is 15.8 Å². The molecule has 0 spiro atoms. The molecule has 21 heavy (non-hydrogen) atoms. The Bertz CT molecular complexity index is 311. The van der Waals surface area contributed by atoms with Crippen LogP contribution in [0.25, 0.3) is 0 Å². The molecule has 0 amide bonds. The number of hydrogen-bond donors (Lipinski definition) is 2. The third-order valence-electron chi connectivity index (χ3n) is 4.65. The summed E-state index contributed by atoms with van der Waals surface area (Å²) < 4.78 is 5.21. The molecule has 1 saturated carbocycles. The molecule has 0 aliphatic heterocycles. The molecule has 0 aromatic heterocycles. The average molecular weight is 297 g/mol. The molecule has 0 aromatic rings. The second-order valence-electron chi connectivity index (χ2n) is 7.17. The van der Waals surface area contributed by atoms with Crippen LogP contribution in [0.1, 0.15) is 65.7 Å². The lowest BCUT2D eigenvalue weighted by atomic mass is 9.67. The number of nitrogens with one attached hydrogen (secondary N) is 1. The monoisotopic (exact) mass is 297 g/mol. The van der Waals surface area contributed by atoms with E-state index in [1.807, 2.05) is 0 Å². The van der Waals surface area contributed by atoms with Gasteiger partial charge in [0, 0.05) is 26.3 Å². The maximum atomic E-state index is 6.03. The molecule has 3 N–H and O–H groups in total. The summed E-state index contributed by atoms with van der Waals surface area (Å²) in [6.07, 6.45) is 8.62. The maximum Gasteiger partial charge on any atom is 0.188 e. The van der Waals surface area contributed by atoms with Gasteiger partial charge in [-0.3, -0.25) is 4.99 Å². The molecule has 124 valence electrons. The highest BCUT2D eigenvalue weighted by molar-refractivity contribution is 5.78. The molecule has 0 saturated heterocycles. The topological polar surface area (TPSA) is 59.6 Å². The Hall–Kier alpha value is -0.770. The Morgan fingerprint density at radius 3 is 2.52 bits per heavy atom.